The van der Waals surface area contributed by atoms with Gasteiger partial charge in [0.2, 0.25) is 0 Å². The maximum atomic E-state index is 11.0. The second kappa shape index (κ2) is 11.3. The Labute approximate surface area is 218 Å². The average molecular weight is 497 g/mol. The molecular formula is C32H32O5. The van der Waals surface area contributed by atoms with Gasteiger partial charge >= 0.3 is 5.97 Å². The molecule has 0 radical (unpaired) electrons. The molecule has 0 fully saturated rings. The summed E-state index contributed by atoms with van der Waals surface area (Å²) in [5, 5.41) is 9.12. The van der Waals surface area contributed by atoms with E-state index in [4.69, 9.17) is 19.3 Å². The Morgan fingerprint density at radius 2 is 1.14 bits per heavy atom. The van der Waals surface area contributed by atoms with Gasteiger partial charge in [0.1, 0.15) is 31.3 Å². The highest BCUT2D eigenvalue weighted by molar-refractivity contribution is 5.86. The van der Waals surface area contributed by atoms with Gasteiger partial charge in [-0.2, -0.15) is 0 Å². The zero-order chi connectivity index (χ0) is 25.0. The number of rotatable bonds is 9. The van der Waals surface area contributed by atoms with Crippen molar-refractivity contribution in [3.63, 3.8) is 0 Å². The molecule has 1 aliphatic carbocycles. The van der Waals surface area contributed by atoms with Crippen LogP contribution in [0.15, 0.2) is 97.1 Å². The van der Waals surface area contributed by atoms with E-state index in [1.165, 1.54) is 29.2 Å². The van der Waals surface area contributed by atoms with E-state index in [9.17, 15) is 4.79 Å². The first-order valence-corrected chi connectivity index (χ1v) is 12.0. The number of aliphatic hydroxyl groups is 1. The summed E-state index contributed by atoms with van der Waals surface area (Å²) in [6.07, 6.45) is 0. The Balaban J connectivity index is 0.00000320. The van der Waals surface area contributed by atoms with E-state index in [1.54, 1.807) is 0 Å². The van der Waals surface area contributed by atoms with Gasteiger partial charge in [0.15, 0.2) is 0 Å². The molecule has 4 aromatic carbocycles. The Morgan fingerprint density at radius 1 is 0.676 bits per heavy atom. The SMILES string of the molecule is C.CC(=O)OCCOc1ccc(C2(c3ccc(OCCO)cc3)c3ccccc3-c3ccccc32)cc1. The third kappa shape index (κ3) is 4.83. The number of ether oxygens (including phenoxy) is 3. The number of carbonyl (C=O) groups is 1. The molecule has 0 spiro atoms. The van der Waals surface area contributed by atoms with Crippen molar-refractivity contribution >= 4 is 5.97 Å². The highest BCUT2D eigenvalue weighted by atomic mass is 16.6. The molecule has 5 rings (SSSR count). The molecule has 0 saturated heterocycles. The summed E-state index contributed by atoms with van der Waals surface area (Å²) in [4.78, 5) is 11.0. The van der Waals surface area contributed by atoms with Crippen molar-refractivity contribution in [3.8, 4) is 22.6 Å². The van der Waals surface area contributed by atoms with Crippen LogP contribution >= 0.6 is 0 Å². The zero-order valence-electron chi connectivity index (χ0n) is 20.1. The van der Waals surface area contributed by atoms with E-state index >= 15 is 0 Å². The van der Waals surface area contributed by atoms with Crippen LogP contribution in [-0.4, -0.2) is 37.5 Å². The van der Waals surface area contributed by atoms with Gasteiger partial charge in [-0.3, -0.25) is 4.79 Å². The van der Waals surface area contributed by atoms with Crippen molar-refractivity contribution in [2.45, 2.75) is 19.8 Å². The van der Waals surface area contributed by atoms with E-state index in [1.807, 2.05) is 24.3 Å². The topological polar surface area (TPSA) is 65.0 Å². The van der Waals surface area contributed by atoms with Crippen molar-refractivity contribution in [3.05, 3.63) is 119 Å². The number of hydrogen-bond donors (Lipinski definition) is 1. The van der Waals surface area contributed by atoms with Crippen molar-refractivity contribution in [2.24, 2.45) is 0 Å². The van der Waals surface area contributed by atoms with E-state index in [-0.39, 0.29) is 33.2 Å². The lowest BCUT2D eigenvalue weighted by molar-refractivity contribution is -0.141. The van der Waals surface area contributed by atoms with Crippen LogP contribution in [0.25, 0.3) is 11.1 Å². The van der Waals surface area contributed by atoms with E-state index in [0.29, 0.717) is 12.4 Å². The Hall–Kier alpha value is -4.09. The summed E-state index contributed by atoms with van der Waals surface area (Å²) in [6.45, 7) is 2.13. The third-order valence-corrected chi connectivity index (χ3v) is 6.54. The highest BCUT2D eigenvalue weighted by Crippen LogP contribution is 2.56. The second-order valence-corrected chi connectivity index (χ2v) is 8.65. The quantitative estimate of drug-likeness (QED) is 0.200. The lowest BCUT2D eigenvalue weighted by Gasteiger charge is -2.34. The van der Waals surface area contributed by atoms with Gasteiger partial charge in [0.25, 0.3) is 0 Å². The van der Waals surface area contributed by atoms with Crippen molar-refractivity contribution in [1.29, 1.82) is 0 Å². The Kier molecular flexibility index (Phi) is 7.95. The summed E-state index contributed by atoms with van der Waals surface area (Å²) >= 11 is 0. The standard InChI is InChI=1S/C31H28O5.CH4/c1-22(33)34-20-21-36-26-16-12-24(13-17-26)31(23-10-14-25(15-11-23)35-19-18-32)29-8-4-2-6-27(29)28-7-3-5-9-30(28)31;/h2-17,32H,18-21H2,1H3;1H4. The van der Waals surface area contributed by atoms with Gasteiger partial charge in [-0.1, -0.05) is 80.2 Å². The van der Waals surface area contributed by atoms with Crippen LogP contribution in [0.3, 0.4) is 0 Å². The lowest BCUT2D eigenvalue weighted by Crippen LogP contribution is -2.28. The molecule has 37 heavy (non-hydrogen) atoms. The predicted molar refractivity (Wildman–Crippen MR) is 145 cm³/mol. The fraction of sp³-hybridized carbons (Fsp3) is 0.219. The molecule has 1 N–H and O–H groups in total. The molecule has 0 unspecified atom stereocenters. The van der Waals surface area contributed by atoms with Crippen LogP contribution in [-0.2, 0) is 14.9 Å². The molecule has 0 saturated carbocycles. The summed E-state index contributed by atoms with van der Waals surface area (Å²) in [5.74, 6) is 1.12. The third-order valence-electron chi connectivity index (χ3n) is 6.54. The molecule has 0 amide bonds. The first-order chi connectivity index (χ1) is 17.6. The lowest BCUT2D eigenvalue weighted by atomic mass is 9.68. The Morgan fingerprint density at radius 3 is 1.59 bits per heavy atom. The van der Waals surface area contributed by atoms with Crippen LogP contribution in [0, 0.1) is 0 Å². The highest BCUT2D eigenvalue weighted by Gasteiger charge is 2.45. The maximum Gasteiger partial charge on any atom is 0.302 e. The van der Waals surface area contributed by atoms with Crippen LogP contribution in [0.5, 0.6) is 11.5 Å². The minimum Gasteiger partial charge on any atom is -0.491 e. The van der Waals surface area contributed by atoms with Gasteiger partial charge < -0.3 is 19.3 Å². The van der Waals surface area contributed by atoms with Crippen molar-refractivity contribution < 1.29 is 24.1 Å². The second-order valence-electron chi connectivity index (χ2n) is 8.65. The number of carbonyl (C=O) groups excluding carboxylic acids is 1. The van der Waals surface area contributed by atoms with Crippen LogP contribution in [0.2, 0.25) is 0 Å². The normalized spacial score (nSPS) is 12.6. The Bertz CT molecular complexity index is 1300. The summed E-state index contributed by atoms with van der Waals surface area (Å²) in [7, 11) is 0. The molecule has 1 aliphatic rings. The van der Waals surface area contributed by atoms with Crippen molar-refractivity contribution in [2.75, 3.05) is 26.4 Å². The number of fused-ring (bicyclic) bond motifs is 3. The van der Waals surface area contributed by atoms with Gasteiger partial charge in [0.05, 0.1) is 12.0 Å². The summed E-state index contributed by atoms with van der Waals surface area (Å²) in [6, 6.07) is 33.4. The molecule has 5 nitrogen and oxygen atoms in total. The number of aliphatic hydroxyl groups excluding tert-OH is 1. The van der Waals surface area contributed by atoms with Crippen LogP contribution in [0.4, 0.5) is 0 Å². The molecule has 4 aromatic rings. The average Bonchev–Trinajstić information content (AvgIpc) is 3.22. The minimum atomic E-state index is -0.515. The smallest absolute Gasteiger partial charge is 0.302 e. The van der Waals surface area contributed by atoms with Gasteiger partial charge in [-0.25, -0.2) is 0 Å². The largest absolute Gasteiger partial charge is 0.491 e. The first kappa shape index (κ1) is 26.0. The number of esters is 1. The minimum absolute atomic E-state index is 0. The fourth-order valence-electron chi connectivity index (χ4n) is 5.13. The molecular weight excluding hydrogens is 464 g/mol. The summed E-state index contributed by atoms with van der Waals surface area (Å²) < 4.78 is 16.4. The van der Waals surface area contributed by atoms with E-state index in [2.05, 4.69) is 72.8 Å². The van der Waals surface area contributed by atoms with Crippen molar-refractivity contribution in [1.82, 2.24) is 0 Å². The monoisotopic (exact) mass is 496 g/mol. The van der Waals surface area contributed by atoms with Gasteiger partial charge in [-0.15, -0.1) is 0 Å². The maximum absolute atomic E-state index is 11.0. The molecule has 0 bridgehead atoms. The summed E-state index contributed by atoms with van der Waals surface area (Å²) in [5.41, 5.74) is 6.61. The van der Waals surface area contributed by atoms with Crippen LogP contribution < -0.4 is 9.47 Å². The molecule has 0 atom stereocenters. The molecule has 0 heterocycles. The predicted octanol–water partition coefficient (Wildman–Crippen LogP) is 6.00. The van der Waals surface area contributed by atoms with E-state index < -0.39 is 5.41 Å². The van der Waals surface area contributed by atoms with Crippen LogP contribution in [0.1, 0.15) is 36.6 Å². The number of hydrogen-bond acceptors (Lipinski definition) is 5. The van der Waals surface area contributed by atoms with Gasteiger partial charge in [0, 0.05) is 6.92 Å². The molecule has 0 aliphatic heterocycles. The fourth-order valence-corrected chi connectivity index (χ4v) is 5.13. The molecule has 5 heteroatoms. The van der Waals surface area contributed by atoms with Gasteiger partial charge in [-0.05, 0) is 57.6 Å². The first-order valence-electron chi connectivity index (χ1n) is 12.0. The molecule has 0 aromatic heterocycles. The molecule has 190 valence electrons. The van der Waals surface area contributed by atoms with E-state index in [0.717, 1.165) is 16.9 Å². The number of benzene rings is 4. The zero-order valence-corrected chi connectivity index (χ0v) is 20.1.